The molecule has 0 saturated carbocycles. The molecule has 0 radical (unpaired) electrons. The third-order valence-electron chi connectivity index (χ3n) is 4.39. The molecule has 1 heterocycles. The number of anilines is 1. The molecule has 0 spiro atoms. The Morgan fingerprint density at radius 3 is 2.39 bits per heavy atom. The van der Waals surface area contributed by atoms with Gasteiger partial charge < -0.3 is 19.5 Å². The van der Waals surface area contributed by atoms with Gasteiger partial charge in [-0.25, -0.2) is 10.2 Å². The summed E-state index contributed by atoms with van der Waals surface area (Å²) in [4.78, 5) is 37.3. The van der Waals surface area contributed by atoms with Crippen molar-refractivity contribution in [3.05, 3.63) is 70.4 Å². The zero-order chi connectivity index (χ0) is 23.8. The summed E-state index contributed by atoms with van der Waals surface area (Å²) >= 11 is 1.26. The highest BCUT2D eigenvalue weighted by Crippen LogP contribution is 2.28. The van der Waals surface area contributed by atoms with Crippen LogP contribution in [0.25, 0.3) is 0 Å². The minimum atomic E-state index is -0.993. The SMILES string of the molecule is COc1ccc(OC)c(NC(=O)C(=O)NN=C(C)c2ccccc2OC(=O)c2cccs2)c1. The number of nitrogens with one attached hydrogen (secondary N) is 2. The smallest absolute Gasteiger partial charge is 0.353 e. The average molecular weight is 468 g/mol. The van der Waals surface area contributed by atoms with Gasteiger partial charge in [0.25, 0.3) is 0 Å². The number of hydrogen-bond donors (Lipinski definition) is 2. The van der Waals surface area contributed by atoms with Crippen LogP contribution in [0.1, 0.15) is 22.2 Å². The zero-order valence-electron chi connectivity index (χ0n) is 18.1. The molecule has 0 aliphatic rings. The molecule has 0 unspecified atom stereocenters. The van der Waals surface area contributed by atoms with Crippen molar-refractivity contribution in [2.75, 3.05) is 19.5 Å². The Bertz CT molecular complexity index is 1190. The molecule has 3 aromatic rings. The Morgan fingerprint density at radius 2 is 1.70 bits per heavy atom. The fourth-order valence-electron chi connectivity index (χ4n) is 2.74. The Labute approximate surface area is 194 Å². The fraction of sp³-hybridized carbons (Fsp3) is 0.130. The van der Waals surface area contributed by atoms with E-state index in [0.717, 1.165) is 0 Å². The lowest BCUT2D eigenvalue weighted by atomic mass is 10.1. The average Bonchev–Trinajstić information content (AvgIpc) is 3.37. The maximum atomic E-state index is 12.3. The van der Waals surface area contributed by atoms with Crippen molar-refractivity contribution in [1.29, 1.82) is 0 Å². The number of carbonyl (C=O) groups is 3. The van der Waals surface area contributed by atoms with E-state index in [2.05, 4.69) is 15.8 Å². The number of rotatable bonds is 7. The zero-order valence-corrected chi connectivity index (χ0v) is 18.9. The molecular formula is C23H21N3O6S. The third-order valence-corrected chi connectivity index (χ3v) is 5.24. The van der Waals surface area contributed by atoms with Gasteiger partial charge in [-0.3, -0.25) is 9.59 Å². The van der Waals surface area contributed by atoms with E-state index in [0.29, 0.717) is 27.7 Å². The molecule has 2 aromatic carbocycles. The first-order valence-corrected chi connectivity index (χ1v) is 10.5. The van der Waals surface area contributed by atoms with Crippen molar-refractivity contribution in [3.63, 3.8) is 0 Å². The third kappa shape index (κ3) is 5.95. The number of para-hydroxylation sites is 1. The molecule has 3 rings (SSSR count). The number of nitrogens with zero attached hydrogens (tertiary/aromatic N) is 1. The maximum Gasteiger partial charge on any atom is 0.353 e. The van der Waals surface area contributed by atoms with Crippen molar-refractivity contribution in [1.82, 2.24) is 5.43 Å². The van der Waals surface area contributed by atoms with Gasteiger partial charge in [0.2, 0.25) is 0 Å². The van der Waals surface area contributed by atoms with Crippen molar-refractivity contribution in [3.8, 4) is 17.2 Å². The van der Waals surface area contributed by atoms with Crippen molar-refractivity contribution in [2.24, 2.45) is 5.10 Å². The van der Waals surface area contributed by atoms with Crippen molar-refractivity contribution < 1.29 is 28.6 Å². The van der Waals surface area contributed by atoms with Crippen LogP contribution < -0.4 is 25.0 Å². The van der Waals surface area contributed by atoms with E-state index in [4.69, 9.17) is 14.2 Å². The van der Waals surface area contributed by atoms with Gasteiger partial charge in [0, 0.05) is 11.6 Å². The van der Waals surface area contributed by atoms with Gasteiger partial charge in [-0.05, 0) is 42.6 Å². The first kappa shape index (κ1) is 23.5. The first-order chi connectivity index (χ1) is 15.9. The number of hydrogen-bond acceptors (Lipinski definition) is 8. The summed E-state index contributed by atoms with van der Waals surface area (Å²) in [7, 11) is 2.92. The Balaban J connectivity index is 1.69. The minimum Gasteiger partial charge on any atom is -0.497 e. The molecule has 2 amide bonds. The van der Waals surface area contributed by atoms with Crippen molar-refractivity contribution in [2.45, 2.75) is 6.92 Å². The van der Waals surface area contributed by atoms with Crippen LogP contribution in [0.15, 0.2) is 65.1 Å². The van der Waals surface area contributed by atoms with Crippen LogP contribution in [0.3, 0.4) is 0 Å². The fourth-order valence-corrected chi connectivity index (χ4v) is 3.33. The molecule has 9 nitrogen and oxygen atoms in total. The van der Waals surface area contributed by atoms with Gasteiger partial charge in [0.05, 0.1) is 25.6 Å². The van der Waals surface area contributed by atoms with Crippen LogP contribution >= 0.6 is 11.3 Å². The molecule has 1 aromatic heterocycles. The van der Waals surface area contributed by atoms with Gasteiger partial charge in [0.1, 0.15) is 22.1 Å². The quantitative estimate of drug-likeness (QED) is 0.181. The summed E-state index contributed by atoms with van der Waals surface area (Å²) in [5.74, 6) is -1.33. The molecule has 0 saturated heterocycles. The van der Waals surface area contributed by atoms with E-state index in [-0.39, 0.29) is 11.4 Å². The van der Waals surface area contributed by atoms with Gasteiger partial charge in [-0.15, -0.1) is 11.3 Å². The lowest BCUT2D eigenvalue weighted by Crippen LogP contribution is -2.33. The monoisotopic (exact) mass is 467 g/mol. The second kappa shape index (κ2) is 10.9. The maximum absolute atomic E-state index is 12.3. The predicted molar refractivity (Wildman–Crippen MR) is 124 cm³/mol. The standard InChI is InChI=1S/C23H21N3O6S/c1-14(16-7-4-5-8-18(16)32-23(29)20-9-6-12-33-20)25-26-22(28)21(27)24-17-13-15(30-2)10-11-19(17)31-3/h4-13H,1-3H3,(H,24,27)(H,26,28). The van der Waals surface area contributed by atoms with E-state index in [1.807, 2.05) is 0 Å². The number of amides is 2. The summed E-state index contributed by atoms with van der Waals surface area (Å²) in [6, 6.07) is 14.9. The predicted octanol–water partition coefficient (Wildman–Crippen LogP) is 3.46. The molecule has 0 fully saturated rings. The molecular weight excluding hydrogens is 446 g/mol. The highest BCUT2D eigenvalue weighted by molar-refractivity contribution is 7.12. The summed E-state index contributed by atoms with van der Waals surface area (Å²) in [6.07, 6.45) is 0. The number of esters is 1. The van der Waals surface area contributed by atoms with E-state index in [1.165, 1.54) is 31.6 Å². The van der Waals surface area contributed by atoms with Crippen LogP contribution in [0, 0.1) is 0 Å². The largest absolute Gasteiger partial charge is 0.497 e. The molecule has 33 heavy (non-hydrogen) atoms. The highest BCUT2D eigenvalue weighted by atomic mass is 32.1. The van der Waals surface area contributed by atoms with Crippen LogP contribution in [0.4, 0.5) is 5.69 Å². The summed E-state index contributed by atoms with van der Waals surface area (Å²) < 4.78 is 15.8. The lowest BCUT2D eigenvalue weighted by Gasteiger charge is -2.11. The number of hydrazone groups is 1. The van der Waals surface area contributed by atoms with Crippen LogP contribution in [0.2, 0.25) is 0 Å². The molecule has 0 atom stereocenters. The highest BCUT2D eigenvalue weighted by Gasteiger charge is 2.18. The van der Waals surface area contributed by atoms with Gasteiger partial charge in [0.15, 0.2) is 0 Å². The minimum absolute atomic E-state index is 0.267. The van der Waals surface area contributed by atoms with E-state index < -0.39 is 17.8 Å². The first-order valence-electron chi connectivity index (χ1n) is 9.65. The van der Waals surface area contributed by atoms with E-state index in [9.17, 15) is 14.4 Å². The Kier molecular flexibility index (Phi) is 7.77. The topological polar surface area (TPSA) is 115 Å². The summed E-state index contributed by atoms with van der Waals surface area (Å²) in [6.45, 7) is 1.61. The number of thiophene rings is 1. The normalized spacial score (nSPS) is 10.8. The summed E-state index contributed by atoms with van der Waals surface area (Å²) in [5.41, 5.74) is 3.29. The second-order valence-corrected chi connectivity index (χ2v) is 7.47. The number of benzene rings is 2. The Morgan fingerprint density at radius 1 is 0.909 bits per heavy atom. The van der Waals surface area contributed by atoms with Crippen LogP contribution in [0.5, 0.6) is 17.2 Å². The van der Waals surface area contributed by atoms with Gasteiger partial charge in [-0.2, -0.15) is 5.10 Å². The van der Waals surface area contributed by atoms with E-state index in [1.54, 1.807) is 60.8 Å². The molecule has 170 valence electrons. The van der Waals surface area contributed by atoms with Gasteiger partial charge in [-0.1, -0.05) is 18.2 Å². The molecule has 0 aliphatic heterocycles. The number of ether oxygens (including phenoxy) is 3. The molecule has 2 N–H and O–H groups in total. The lowest BCUT2D eigenvalue weighted by molar-refractivity contribution is -0.136. The van der Waals surface area contributed by atoms with Crippen molar-refractivity contribution >= 4 is 40.5 Å². The second-order valence-electron chi connectivity index (χ2n) is 6.52. The number of methoxy groups -OCH3 is 2. The molecule has 0 bridgehead atoms. The van der Waals surface area contributed by atoms with Gasteiger partial charge >= 0.3 is 17.8 Å². The number of carbonyl (C=O) groups excluding carboxylic acids is 3. The van der Waals surface area contributed by atoms with Crippen LogP contribution in [-0.4, -0.2) is 37.7 Å². The summed E-state index contributed by atoms with van der Waals surface area (Å²) in [5, 5.41) is 8.21. The Hall–Kier alpha value is -4.18. The van der Waals surface area contributed by atoms with E-state index >= 15 is 0 Å². The van der Waals surface area contributed by atoms with Crippen LogP contribution in [-0.2, 0) is 9.59 Å². The molecule has 0 aliphatic carbocycles. The molecule has 10 heteroatoms.